The van der Waals surface area contributed by atoms with E-state index >= 15 is 0 Å². The molecule has 1 heterocycles. The highest BCUT2D eigenvalue weighted by atomic mass is 16.5. The van der Waals surface area contributed by atoms with E-state index in [-0.39, 0.29) is 0 Å². The van der Waals surface area contributed by atoms with Crippen LogP contribution in [-0.2, 0) is 6.54 Å². The van der Waals surface area contributed by atoms with Gasteiger partial charge in [-0.15, -0.1) is 0 Å². The number of hydrogen-bond donors (Lipinski definition) is 2. The van der Waals surface area contributed by atoms with Gasteiger partial charge in [0, 0.05) is 31.2 Å². The second-order valence-electron chi connectivity index (χ2n) is 6.62. The highest BCUT2D eigenvalue weighted by Crippen LogP contribution is 2.31. The molecule has 25 heavy (non-hydrogen) atoms. The minimum absolute atomic E-state index is 0.369. The van der Waals surface area contributed by atoms with E-state index in [9.17, 15) is 0 Å². The van der Waals surface area contributed by atoms with E-state index in [4.69, 9.17) is 10.5 Å². The minimum atomic E-state index is 0.369. The maximum absolute atomic E-state index is 5.87. The van der Waals surface area contributed by atoms with Crippen molar-refractivity contribution in [2.24, 2.45) is 5.73 Å². The molecule has 1 saturated heterocycles. The lowest BCUT2D eigenvalue weighted by atomic mass is 9.90. The number of rotatable bonds is 7. The first-order chi connectivity index (χ1) is 12.3. The number of para-hydroxylation sites is 1. The molecule has 0 radical (unpaired) electrons. The molecule has 3 rings (SSSR count). The molecule has 0 aliphatic carbocycles. The highest BCUT2D eigenvalue weighted by molar-refractivity contribution is 5.33. The Kier molecular flexibility index (Phi) is 6.45. The maximum atomic E-state index is 5.87. The average molecular weight is 339 g/mol. The Hall–Kier alpha value is -1.88. The Bertz CT molecular complexity index is 645. The van der Waals surface area contributed by atoms with Crippen molar-refractivity contribution in [2.75, 3.05) is 26.7 Å². The van der Waals surface area contributed by atoms with Crippen molar-refractivity contribution < 1.29 is 4.74 Å². The van der Waals surface area contributed by atoms with Gasteiger partial charge in [-0.1, -0.05) is 48.5 Å². The third-order valence-electron chi connectivity index (χ3n) is 5.04. The molecule has 0 saturated carbocycles. The standard InChI is InChI=1S/C21H29N3O/c1-25-20-12-6-5-10-18(20)16-23-19-11-7-14-24(15-13-22)21(19)17-8-3-2-4-9-17/h2-6,8-10,12,19,21,23H,7,11,13-16,22H2,1H3. The molecule has 3 N–H and O–H groups in total. The Balaban J connectivity index is 1.77. The SMILES string of the molecule is COc1ccccc1CNC1CCCN(CCN)C1c1ccccc1. The van der Waals surface area contributed by atoms with Crippen molar-refractivity contribution in [1.29, 1.82) is 0 Å². The summed E-state index contributed by atoms with van der Waals surface area (Å²) in [7, 11) is 1.73. The summed E-state index contributed by atoms with van der Waals surface area (Å²) in [5.41, 5.74) is 8.44. The van der Waals surface area contributed by atoms with Crippen LogP contribution in [0.5, 0.6) is 5.75 Å². The van der Waals surface area contributed by atoms with Crippen molar-refractivity contribution in [1.82, 2.24) is 10.2 Å². The van der Waals surface area contributed by atoms with Crippen LogP contribution in [0.3, 0.4) is 0 Å². The van der Waals surface area contributed by atoms with Crippen LogP contribution < -0.4 is 15.8 Å². The first-order valence-electron chi connectivity index (χ1n) is 9.18. The predicted molar refractivity (Wildman–Crippen MR) is 103 cm³/mol. The fraction of sp³-hybridized carbons (Fsp3) is 0.429. The zero-order chi connectivity index (χ0) is 17.5. The number of methoxy groups -OCH3 is 1. The summed E-state index contributed by atoms with van der Waals surface area (Å²) in [5, 5.41) is 3.79. The van der Waals surface area contributed by atoms with Crippen LogP contribution in [0.4, 0.5) is 0 Å². The molecule has 4 nitrogen and oxygen atoms in total. The van der Waals surface area contributed by atoms with Crippen LogP contribution in [0.2, 0.25) is 0 Å². The third-order valence-corrected chi connectivity index (χ3v) is 5.04. The van der Waals surface area contributed by atoms with Gasteiger partial charge in [-0.2, -0.15) is 0 Å². The van der Waals surface area contributed by atoms with E-state index in [1.54, 1.807) is 7.11 Å². The molecule has 1 aliphatic rings. The summed E-state index contributed by atoms with van der Waals surface area (Å²) < 4.78 is 5.49. The number of benzene rings is 2. The molecule has 1 fully saturated rings. The van der Waals surface area contributed by atoms with E-state index in [0.717, 1.165) is 25.4 Å². The molecule has 4 heteroatoms. The topological polar surface area (TPSA) is 50.5 Å². The predicted octanol–water partition coefficient (Wildman–Crippen LogP) is 2.95. The average Bonchev–Trinajstić information content (AvgIpc) is 2.67. The Morgan fingerprint density at radius 1 is 1.12 bits per heavy atom. The molecule has 0 spiro atoms. The Morgan fingerprint density at radius 3 is 2.64 bits per heavy atom. The second kappa shape index (κ2) is 8.99. The highest BCUT2D eigenvalue weighted by Gasteiger charge is 2.31. The molecular formula is C21H29N3O. The third kappa shape index (κ3) is 4.40. The molecule has 0 bridgehead atoms. The van der Waals surface area contributed by atoms with Gasteiger partial charge in [0.2, 0.25) is 0 Å². The summed E-state index contributed by atoms with van der Waals surface area (Å²) in [4.78, 5) is 2.53. The summed E-state index contributed by atoms with van der Waals surface area (Å²) in [6.07, 6.45) is 2.38. The van der Waals surface area contributed by atoms with Gasteiger partial charge in [0.1, 0.15) is 5.75 Å². The van der Waals surface area contributed by atoms with E-state index in [1.807, 2.05) is 12.1 Å². The van der Waals surface area contributed by atoms with Crippen molar-refractivity contribution in [3.8, 4) is 5.75 Å². The lowest BCUT2D eigenvalue weighted by Crippen LogP contribution is -2.49. The van der Waals surface area contributed by atoms with E-state index in [2.05, 4.69) is 52.7 Å². The van der Waals surface area contributed by atoms with E-state index < -0.39 is 0 Å². The fourth-order valence-corrected chi connectivity index (χ4v) is 3.88. The lowest BCUT2D eigenvalue weighted by Gasteiger charge is -2.42. The molecule has 2 aromatic carbocycles. The van der Waals surface area contributed by atoms with E-state index in [0.29, 0.717) is 18.6 Å². The van der Waals surface area contributed by atoms with Crippen LogP contribution >= 0.6 is 0 Å². The summed E-state index contributed by atoms with van der Waals surface area (Å²) in [6, 6.07) is 19.8. The zero-order valence-electron chi connectivity index (χ0n) is 15.0. The largest absolute Gasteiger partial charge is 0.496 e. The number of nitrogens with zero attached hydrogens (tertiary/aromatic N) is 1. The molecule has 1 aliphatic heterocycles. The maximum Gasteiger partial charge on any atom is 0.123 e. The van der Waals surface area contributed by atoms with Gasteiger partial charge in [0.05, 0.1) is 13.2 Å². The number of piperidine rings is 1. The second-order valence-corrected chi connectivity index (χ2v) is 6.62. The van der Waals surface area contributed by atoms with Crippen LogP contribution in [0, 0.1) is 0 Å². The molecule has 2 aromatic rings. The summed E-state index contributed by atoms with van der Waals surface area (Å²) in [6.45, 7) is 3.56. The molecule has 2 atom stereocenters. The number of hydrogen-bond acceptors (Lipinski definition) is 4. The minimum Gasteiger partial charge on any atom is -0.496 e. The Labute approximate surface area is 151 Å². The summed E-state index contributed by atoms with van der Waals surface area (Å²) >= 11 is 0. The molecule has 0 amide bonds. The fourth-order valence-electron chi connectivity index (χ4n) is 3.88. The molecular weight excluding hydrogens is 310 g/mol. The lowest BCUT2D eigenvalue weighted by molar-refractivity contribution is 0.114. The normalized spacial score (nSPS) is 21.2. The van der Waals surface area contributed by atoms with Gasteiger partial charge in [-0.05, 0) is 31.0 Å². The number of nitrogens with one attached hydrogen (secondary N) is 1. The monoisotopic (exact) mass is 339 g/mol. The van der Waals surface area contributed by atoms with Crippen LogP contribution in [0.1, 0.15) is 30.0 Å². The quantitative estimate of drug-likeness (QED) is 0.814. The van der Waals surface area contributed by atoms with Crippen molar-refractivity contribution in [2.45, 2.75) is 31.5 Å². The Morgan fingerprint density at radius 2 is 1.88 bits per heavy atom. The van der Waals surface area contributed by atoms with Gasteiger partial charge >= 0.3 is 0 Å². The first-order valence-corrected chi connectivity index (χ1v) is 9.18. The van der Waals surface area contributed by atoms with Gasteiger partial charge in [0.15, 0.2) is 0 Å². The van der Waals surface area contributed by atoms with Crippen molar-refractivity contribution >= 4 is 0 Å². The number of ether oxygens (including phenoxy) is 1. The van der Waals surface area contributed by atoms with E-state index in [1.165, 1.54) is 24.0 Å². The number of nitrogens with two attached hydrogens (primary N) is 1. The first kappa shape index (κ1) is 17.9. The van der Waals surface area contributed by atoms with Gasteiger partial charge in [0.25, 0.3) is 0 Å². The van der Waals surface area contributed by atoms with Crippen LogP contribution in [-0.4, -0.2) is 37.7 Å². The van der Waals surface area contributed by atoms with Gasteiger partial charge in [-0.3, -0.25) is 4.90 Å². The van der Waals surface area contributed by atoms with Crippen LogP contribution in [0.15, 0.2) is 54.6 Å². The van der Waals surface area contributed by atoms with Crippen molar-refractivity contribution in [3.05, 3.63) is 65.7 Å². The van der Waals surface area contributed by atoms with Gasteiger partial charge in [-0.25, -0.2) is 0 Å². The number of likely N-dealkylation sites (tertiary alicyclic amines) is 1. The molecule has 134 valence electrons. The summed E-state index contributed by atoms with van der Waals surface area (Å²) in [5.74, 6) is 0.945. The van der Waals surface area contributed by atoms with Crippen LogP contribution in [0.25, 0.3) is 0 Å². The smallest absolute Gasteiger partial charge is 0.123 e. The van der Waals surface area contributed by atoms with Gasteiger partial charge < -0.3 is 15.8 Å². The van der Waals surface area contributed by atoms with Crippen molar-refractivity contribution in [3.63, 3.8) is 0 Å². The zero-order valence-corrected chi connectivity index (χ0v) is 15.0. The molecule has 2 unspecified atom stereocenters. The molecule has 0 aromatic heterocycles.